The molecule has 3 rings (SSSR count). The van der Waals surface area contributed by atoms with Crippen molar-refractivity contribution in [1.82, 2.24) is 14.7 Å². The molecular weight excluding hydrogens is 408 g/mol. The minimum Gasteiger partial charge on any atom is -0.497 e. The maximum Gasteiger partial charge on any atom is 0.295 e. The molecule has 8 heteroatoms. The zero-order valence-corrected chi connectivity index (χ0v) is 18.6. The molecule has 0 atom stereocenters. The number of amides is 2. The number of ether oxygens (including phenoxy) is 1. The van der Waals surface area contributed by atoms with Crippen LogP contribution >= 0.6 is 0 Å². The van der Waals surface area contributed by atoms with E-state index in [0.717, 1.165) is 5.69 Å². The van der Waals surface area contributed by atoms with Crippen LogP contribution in [-0.2, 0) is 9.59 Å². The molecule has 32 heavy (non-hydrogen) atoms. The van der Waals surface area contributed by atoms with E-state index in [1.165, 1.54) is 12.0 Å². The van der Waals surface area contributed by atoms with E-state index in [4.69, 9.17) is 4.74 Å². The highest BCUT2D eigenvalue weighted by atomic mass is 16.5. The lowest BCUT2D eigenvalue weighted by Crippen LogP contribution is -2.41. The molecule has 0 aliphatic heterocycles. The maximum absolute atomic E-state index is 13.1. The number of hydrogen-bond donors (Lipinski definition) is 1. The number of Topliss-reactive ketones (excluding diaryl/α,β-unsaturated/α-hetero) is 1. The largest absolute Gasteiger partial charge is 0.497 e. The molecule has 1 heterocycles. The van der Waals surface area contributed by atoms with Crippen LogP contribution in [0.3, 0.4) is 0 Å². The van der Waals surface area contributed by atoms with E-state index in [1.807, 2.05) is 30.3 Å². The van der Waals surface area contributed by atoms with Crippen LogP contribution in [0, 0.1) is 13.8 Å². The second kappa shape index (κ2) is 9.91. The molecule has 1 N–H and O–H groups in total. The Morgan fingerprint density at radius 3 is 2.44 bits per heavy atom. The smallest absolute Gasteiger partial charge is 0.295 e. The Kier molecular flexibility index (Phi) is 7.04. The Hall–Kier alpha value is -3.94. The second-order valence-electron chi connectivity index (χ2n) is 7.22. The van der Waals surface area contributed by atoms with Crippen molar-refractivity contribution < 1.29 is 19.1 Å². The number of nitrogens with one attached hydrogen (secondary N) is 1. The molecule has 166 valence electrons. The van der Waals surface area contributed by atoms with Crippen LogP contribution in [0.5, 0.6) is 5.75 Å². The lowest BCUT2D eigenvalue weighted by molar-refractivity contribution is -0.130. The van der Waals surface area contributed by atoms with Gasteiger partial charge in [0, 0.05) is 18.3 Å². The first kappa shape index (κ1) is 22.7. The van der Waals surface area contributed by atoms with Crippen LogP contribution in [0.25, 0.3) is 5.69 Å². The average molecular weight is 434 g/mol. The zero-order chi connectivity index (χ0) is 23.3. The number of rotatable bonds is 8. The molecule has 0 bridgehead atoms. The Labute approximate surface area is 186 Å². The summed E-state index contributed by atoms with van der Waals surface area (Å²) in [7, 11) is 1.54. The maximum atomic E-state index is 13.1. The standard InChI is InChI=1S/C24H26N4O4/c1-5-27(15-21(29)25-18-10-9-13-20(14-18)32-4)24(31)23(30)22-16(2)26-28(17(22)3)19-11-7-6-8-12-19/h6-14H,5,15H2,1-4H3,(H,25,29). The van der Waals surface area contributed by atoms with E-state index in [1.54, 1.807) is 49.7 Å². The summed E-state index contributed by atoms with van der Waals surface area (Å²) in [5, 5.41) is 7.16. The summed E-state index contributed by atoms with van der Waals surface area (Å²) in [6.07, 6.45) is 0. The van der Waals surface area contributed by atoms with Crippen LogP contribution < -0.4 is 10.1 Å². The highest BCUT2D eigenvalue weighted by molar-refractivity contribution is 6.43. The van der Waals surface area contributed by atoms with Gasteiger partial charge in [-0.1, -0.05) is 24.3 Å². The van der Waals surface area contributed by atoms with Gasteiger partial charge in [-0.15, -0.1) is 0 Å². The lowest BCUT2D eigenvalue weighted by Gasteiger charge is -2.19. The van der Waals surface area contributed by atoms with Gasteiger partial charge in [0.1, 0.15) is 12.3 Å². The van der Waals surface area contributed by atoms with Crippen molar-refractivity contribution in [3.8, 4) is 11.4 Å². The van der Waals surface area contributed by atoms with E-state index < -0.39 is 17.6 Å². The fraction of sp³-hybridized carbons (Fsp3) is 0.250. The molecular formula is C24H26N4O4. The van der Waals surface area contributed by atoms with Crippen LogP contribution in [0.1, 0.15) is 28.7 Å². The summed E-state index contributed by atoms with van der Waals surface area (Å²) < 4.78 is 6.79. The number of methoxy groups -OCH3 is 1. The molecule has 2 aromatic carbocycles. The Morgan fingerprint density at radius 1 is 1.06 bits per heavy atom. The number of ketones is 1. The third-order valence-electron chi connectivity index (χ3n) is 5.07. The summed E-state index contributed by atoms with van der Waals surface area (Å²) in [5.74, 6) is -1.23. The van der Waals surface area contributed by atoms with E-state index in [9.17, 15) is 14.4 Å². The first-order valence-corrected chi connectivity index (χ1v) is 10.2. The van der Waals surface area contributed by atoms with Gasteiger partial charge in [0.25, 0.3) is 11.7 Å². The van der Waals surface area contributed by atoms with Crippen molar-refractivity contribution in [2.24, 2.45) is 0 Å². The third-order valence-corrected chi connectivity index (χ3v) is 5.07. The van der Waals surface area contributed by atoms with Crippen molar-refractivity contribution in [2.75, 3.05) is 25.5 Å². The monoisotopic (exact) mass is 434 g/mol. The number of aromatic nitrogens is 2. The van der Waals surface area contributed by atoms with Crippen LogP contribution in [0.4, 0.5) is 5.69 Å². The van der Waals surface area contributed by atoms with Gasteiger partial charge in [0.15, 0.2) is 0 Å². The summed E-state index contributed by atoms with van der Waals surface area (Å²) >= 11 is 0. The molecule has 0 saturated carbocycles. The van der Waals surface area contributed by atoms with Crippen molar-refractivity contribution >= 4 is 23.3 Å². The summed E-state index contributed by atoms with van der Waals surface area (Å²) in [6, 6.07) is 16.3. The van der Waals surface area contributed by atoms with E-state index in [0.29, 0.717) is 22.8 Å². The second-order valence-corrected chi connectivity index (χ2v) is 7.22. The van der Waals surface area contributed by atoms with Gasteiger partial charge < -0.3 is 15.0 Å². The molecule has 2 amide bonds. The first-order valence-electron chi connectivity index (χ1n) is 10.2. The summed E-state index contributed by atoms with van der Waals surface area (Å²) in [6.45, 7) is 5.12. The van der Waals surface area contributed by atoms with Gasteiger partial charge >= 0.3 is 0 Å². The SMILES string of the molecule is CCN(CC(=O)Nc1cccc(OC)c1)C(=O)C(=O)c1c(C)nn(-c2ccccc2)c1C. The van der Waals surface area contributed by atoms with Gasteiger partial charge in [-0.05, 0) is 45.0 Å². The molecule has 0 saturated heterocycles. The molecule has 3 aromatic rings. The van der Waals surface area contributed by atoms with Crippen molar-refractivity contribution in [3.05, 3.63) is 71.5 Å². The normalized spacial score (nSPS) is 10.5. The number of likely N-dealkylation sites (N-methyl/N-ethyl adjacent to an activating group) is 1. The zero-order valence-electron chi connectivity index (χ0n) is 18.6. The Bertz CT molecular complexity index is 1140. The lowest BCUT2D eigenvalue weighted by atomic mass is 10.1. The predicted molar refractivity (Wildman–Crippen MR) is 121 cm³/mol. The minimum atomic E-state index is -0.743. The fourth-order valence-electron chi connectivity index (χ4n) is 3.44. The number of hydrogen-bond acceptors (Lipinski definition) is 5. The van der Waals surface area contributed by atoms with E-state index in [2.05, 4.69) is 10.4 Å². The highest BCUT2D eigenvalue weighted by Gasteiger charge is 2.29. The number of para-hydroxylation sites is 1. The fourth-order valence-corrected chi connectivity index (χ4v) is 3.44. The molecule has 0 spiro atoms. The van der Waals surface area contributed by atoms with Crippen molar-refractivity contribution in [2.45, 2.75) is 20.8 Å². The number of carbonyl (C=O) groups is 3. The van der Waals surface area contributed by atoms with Gasteiger partial charge in [0.2, 0.25) is 5.91 Å². The van der Waals surface area contributed by atoms with Gasteiger partial charge in [0.05, 0.1) is 29.7 Å². The molecule has 8 nitrogen and oxygen atoms in total. The van der Waals surface area contributed by atoms with Crippen LogP contribution in [0.15, 0.2) is 54.6 Å². The number of anilines is 1. The minimum absolute atomic E-state index is 0.209. The molecule has 0 fully saturated rings. The average Bonchev–Trinajstić information content (AvgIpc) is 3.10. The summed E-state index contributed by atoms with van der Waals surface area (Å²) in [4.78, 5) is 39.7. The predicted octanol–water partition coefficient (Wildman–Crippen LogP) is 3.17. The van der Waals surface area contributed by atoms with Gasteiger partial charge in [-0.2, -0.15) is 5.10 Å². The third kappa shape index (κ3) is 4.85. The van der Waals surface area contributed by atoms with Gasteiger partial charge in [-0.25, -0.2) is 4.68 Å². The topological polar surface area (TPSA) is 93.5 Å². The molecule has 0 aliphatic carbocycles. The molecule has 0 radical (unpaired) electrons. The van der Waals surface area contributed by atoms with Crippen LogP contribution in [-0.4, -0.2) is 52.5 Å². The molecule has 1 aromatic heterocycles. The Balaban J connectivity index is 1.76. The van der Waals surface area contributed by atoms with Crippen molar-refractivity contribution in [3.63, 3.8) is 0 Å². The number of carbonyl (C=O) groups excluding carboxylic acids is 3. The van der Waals surface area contributed by atoms with E-state index in [-0.39, 0.29) is 18.7 Å². The molecule has 0 aliphatic rings. The Morgan fingerprint density at radius 2 is 1.78 bits per heavy atom. The number of nitrogens with zero attached hydrogens (tertiary/aromatic N) is 3. The first-order chi connectivity index (χ1) is 15.3. The number of benzene rings is 2. The van der Waals surface area contributed by atoms with E-state index >= 15 is 0 Å². The summed E-state index contributed by atoms with van der Waals surface area (Å²) in [5.41, 5.74) is 2.63. The quantitative estimate of drug-likeness (QED) is 0.434. The molecule has 0 unspecified atom stereocenters. The van der Waals surface area contributed by atoms with Gasteiger partial charge in [-0.3, -0.25) is 14.4 Å². The highest BCUT2D eigenvalue weighted by Crippen LogP contribution is 2.20. The number of aryl methyl sites for hydroxylation is 1. The van der Waals surface area contributed by atoms with Crippen molar-refractivity contribution in [1.29, 1.82) is 0 Å². The van der Waals surface area contributed by atoms with Crippen LogP contribution in [0.2, 0.25) is 0 Å².